The number of hydrogen-bond acceptors (Lipinski definition) is 5. The van der Waals surface area contributed by atoms with Crippen molar-refractivity contribution in [2.75, 3.05) is 44.3 Å². The Morgan fingerprint density at radius 1 is 1.07 bits per heavy atom. The largest absolute Gasteiger partial charge is 0.379 e. The van der Waals surface area contributed by atoms with Crippen LogP contribution in [-0.2, 0) is 4.74 Å². The quantitative estimate of drug-likeness (QED) is 0.654. The molecule has 0 aliphatic carbocycles. The molecule has 0 saturated carbocycles. The lowest BCUT2D eigenvalue weighted by molar-refractivity contribution is 0.0376. The molecule has 2 aromatic carbocycles. The molecule has 0 bridgehead atoms. The summed E-state index contributed by atoms with van der Waals surface area (Å²) >= 11 is 1.57. The number of para-hydroxylation sites is 1. The van der Waals surface area contributed by atoms with Crippen molar-refractivity contribution >= 4 is 32.6 Å². The van der Waals surface area contributed by atoms with Crippen molar-refractivity contribution in [3.05, 3.63) is 60.2 Å². The SMILES string of the molecule is O=C(c1ccccc1)N(CCCN1CCOCC1)c1nc2ccccc2s1. The molecular formula is C21H23N3O2S. The number of hydrogen-bond donors (Lipinski definition) is 0. The summed E-state index contributed by atoms with van der Waals surface area (Å²) in [4.78, 5) is 22.1. The van der Waals surface area contributed by atoms with Crippen LogP contribution in [0, 0.1) is 0 Å². The molecule has 0 spiro atoms. The van der Waals surface area contributed by atoms with E-state index in [0.29, 0.717) is 12.1 Å². The molecule has 140 valence electrons. The molecule has 0 unspecified atom stereocenters. The first-order valence-electron chi connectivity index (χ1n) is 9.34. The summed E-state index contributed by atoms with van der Waals surface area (Å²) in [6.07, 6.45) is 0.911. The van der Waals surface area contributed by atoms with E-state index in [0.717, 1.165) is 54.6 Å². The van der Waals surface area contributed by atoms with Crippen LogP contribution in [0.2, 0.25) is 0 Å². The van der Waals surface area contributed by atoms with Gasteiger partial charge in [0, 0.05) is 31.7 Å². The van der Waals surface area contributed by atoms with Crippen LogP contribution in [0.4, 0.5) is 5.13 Å². The summed E-state index contributed by atoms with van der Waals surface area (Å²) in [5.74, 6) is 0.0108. The number of anilines is 1. The number of carbonyl (C=O) groups excluding carboxylic acids is 1. The minimum atomic E-state index is 0.0108. The number of morpholine rings is 1. The van der Waals surface area contributed by atoms with Gasteiger partial charge in [-0.25, -0.2) is 4.98 Å². The van der Waals surface area contributed by atoms with Gasteiger partial charge in [0.1, 0.15) is 0 Å². The molecule has 1 aliphatic rings. The van der Waals surface area contributed by atoms with Crippen molar-refractivity contribution in [2.45, 2.75) is 6.42 Å². The van der Waals surface area contributed by atoms with E-state index in [-0.39, 0.29) is 5.91 Å². The van der Waals surface area contributed by atoms with E-state index in [1.54, 1.807) is 11.3 Å². The number of nitrogens with zero attached hydrogens (tertiary/aromatic N) is 3. The zero-order valence-corrected chi connectivity index (χ0v) is 16.0. The number of amides is 1. The number of fused-ring (bicyclic) bond motifs is 1. The summed E-state index contributed by atoms with van der Waals surface area (Å²) in [6.45, 7) is 5.15. The number of ether oxygens (including phenoxy) is 1. The third-order valence-corrected chi connectivity index (χ3v) is 5.80. The summed E-state index contributed by atoms with van der Waals surface area (Å²) < 4.78 is 6.51. The van der Waals surface area contributed by atoms with Gasteiger partial charge in [-0.2, -0.15) is 0 Å². The van der Waals surface area contributed by atoms with Gasteiger partial charge in [-0.05, 0) is 30.7 Å². The Morgan fingerprint density at radius 2 is 1.81 bits per heavy atom. The zero-order valence-electron chi connectivity index (χ0n) is 15.2. The minimum Gasteiger partial charge on any atom is -0.379 e. The highest BCUT2D eigenvalue weighted by atomic mass is 32.1. The normalized spacial score (nSPS) is 15.1. The zero-order chi connectivity index (χ0) is 18.5. The van der Waals surface area contributed by atoms with Crippen LogP contribution in [0.3, 0.4) is 0 Å². The van der Waals surface area contributed by atoms with E-state index < -0.39 is 0 Å². The predicted molar refractivity (Wildman–Crippen MR) is 110 cm³/mol. The summed E-state index contributed by atoms with van der Waals surface area (Å²) in [7, 11) is 0. The van der Waals surface area contributed by atoms with E-state index >= 15 is 0 Å². The van der Waals surface area contributed by atoms with Crippen molar-refractivity contribution in [1.29, 1.82) is 0 Å². The molecule has 1 fully saturated rings. The van der Waals surface area contributed by atoms with Gasteiger partial charge in [0.05, 0.1) is 23.4 Å². The molecule has 5 nitrogen and oxygen atoms in total. The third kappa shape index (κ3) is 4.35. The van der Waals surface area contributed by atoms with E-state index in [4.69, 9.17) is 9.72 Å². The maximum absolute atomic E-state index is 13.2. The van der Waals surface area contributed by atoms with Crippen LogP contribution >= 0.6 is 11.3 Å². The van der Waals surface area contributed by atoms with Crippen molar-refractivity contribution in [2.24, 2.45) is 0 Å². The maximum Gasteiger partial charge on any atom is 0.260 e. The van der Waals surface area contributed by atoms with Gasteiger partial charge in [-0.1, -0.05) is 41.7 Å². The molecule has 1 aromatic heterocycles. The highest BCUT2D eigenvalue weighted by Gasteiger charge is 2.21. The van der Waals surface area contributed by atoms with Gasteiger partial charge in [0.2, 0.25) is 0 Å². The Hall–Kier alpha value is -2.28. The fraction of sp³-hybridized carbons (Fsp3) is 0.333. The lowest BCUT2D eigenvalue weighted by Crippen LogP contribution is -2.39. The Labute approximate surface area is 163 Å². The van der Waals surface area contributed by atoms with Crippen molar-refractivity contribution in [3.63, 3.8) is 0 Å². The Kier molecular flexibility index (Phi) is 5.77. The van der Waals surface area contributed by atoms with Crippen molar-refractivity contribution in [3.8, 4) is 0 Å². The average Bonchev–Trinajstić information content (AvgIpc) is 3.16. The molecular weight excluding hydrogens is 358 g/mol. The highest BCUT2D eigenvalue weighted by molar-refractivity contribution is 7.22. The molecule has 1 saturated heterocycles. The molecule has 3 aromatic rings. The monoisotopic (exact) mass is 381 g/mol. The lowest BCUT2D eigenvalue weighted by atomic mass is 10.2. The lowest BCUT2D eigenvalue weighted by Gasteiger charge is -2.27. The Morgan fingerprint density at radius 3 is 2.59 bits per heavy atom. The summed E-state index contributed by atoms with van der Waals surface area (Å²) in [5.41, 5.74) is 1.64. The summed E-state index contributed by atoms with van der Waals surface area (Å²) in [6, 6.07) is 17.5. The van der Waals surface area contributed by atoms with E-state index in [9.17, 15) is 4.79 Å². The smallest absolute Gasteiger partial charge is 0.260 e. The molecule has 1 aliphatic heterocycles. The van der Waals surface area contributed by atoms with Crippen LogP contribution in [0.1, 0.15) is 16.8 Å². The van der Waals surface area contributed by atoms with Gasteiger partial charge < -0.3 is 4.74 Å². The molecule has 6 heteroatoms. The van der Waals surface area contributed by atoms with Crippen molar-refractivity contribution in [1.82, 2.24) is 9.88 Å². The van der Waals surface area contributed by atoms with Gasteiger partial charge in [-0.3, -0.25) is 14.6 Å². The van der Waals surface area contributed by atoms with Gasteiger partial charge in [0.15, 0.2) is 5.13 Å². The molecule has 0 atom stereocenters. The van der Waals surface area contributed by atoms with E-state index in [1.807, 2.05) is 53.4 Å². The highest BCUT2D eigenvalue weighted by Crippen LogP contribution is 2.29. The number of thiazole rings is 1. The van der Waals surface area contributed by atoms with Crippen LogP contribution in [0.15, 0.2) is 54.6 Å². The first-order chi connectivity index (χ1) is 13.3. The number of aromatic nitrogens is 1. The van der Waals surface area contributed by atoms with Crippen LogP contribution in [-0.4, -0.2) is 55.2 Å². The first kappa shape index (κ1) is 18.1. The maximum atomic E-state index is 13.2. The average molecular weight is 382 g/mol. The molecule has 27 heavy (non-hydrogen) atoms. The fourth-order valence-electron chi connectivity index (χ4n) is 3.27. The Bertz CT molecular complexity index is 858. The second-order valence-corrected chi connectivity index (χ2v) is 7.60. The third-order valence-electron chi connectivity index (χ3n) is 4.74. The van der Waals surface area contributed by atoms with Crippen molar-refractivity contribution < 1.29 is 9.53 Å². The number of benzene rings is 2. The predicted octanol–water partition coefficient (Wildman–Crippen LogP) is 3.67. The van der Waals surface area contributed by atoms with Crippen LogP contribution < -0.4 is 4.90 Å². The second-order valence-electron chi connectivity index (χ2n) is 6.59. The fourth-order valence-corrected chi connectivity index (χ4v) is 4.26. The standard InChI is InChI=1S/C21H23N3O2S/c25-20(17-7-2-1-3-8-17)24(12-6-11-23-13-15-26-16-14-23)21-22-18-9-4-5-10-19(18)27-21/h1-5,7-10H,6,11-16H2. The van der Waals surface area contributed by atoms with Gasteiger partial charge in [-0.15, -0.1) is 0 Å². The Balaban J connectivity index is 1.53. The molecule has 2 heterocycles. The van der Waals surface area contributed by atoms with Crippen LogP contribution in [0.5, 0.6) is 0 Å². The summed E-state index contributed by atoms with van der Waals surface area (Å²) in [5, 5.41) is 0.770. The number of carbonyl (C=O) groups is 1. The molecule has 0 N–H and O–H groups in total. The van der Waals surface area contributed by atoms with Crippen LogP contribution in [0.25, 0.3) is 10.2 Å². The topological polar surface area (TPSA) is 45.7 Å². The van der Waals surface area contributed by atoms with Gasteiger partial charge in [0.25, 0.3) is 5.91 Å². The second kappa shape index (κ2) is 8.61. The first-order valence-corrected chi connectivity index (χ1v) is 10.2. The van der Waals surface area contributed by atoms with E-state index in [2.05, 4.69) is 11.0 Å². The molecule has 4 rings (SSSR count). The minimum absolute atomic E-state index is 0.0108. The molecule has 0 radical (unpaired) electrons. The van der Waals surface area contributed by atoms with Gasteiger partial charge >= 0.3 is 0 Å². The number of rotatable bonds is 6. The molecule has 1 amide bonds. The van der Waals surface area contributed by atoms with E-state index in [1.165, 1.54) is 0 Å².